The van der Waals surface area contributed by atoms with Crippen molar-refractivity contribution in [3.05, 3.63) is 0 Å². The van der Waals surface area contributed by atoms with E-state index in [1.165, 1.54) is 0 Å². The fraction of sp³-hybridized carbons (Fsp3) is 0.902. The molecular weight excluding hydrogens is 768 g/mol. The SMILES string of the molecule is CCCCNC(=O)CCOCCOCCOCCOCCOCCC(=O)NCCCOCCOCCOCCCNC(=O)[C@H](CCCCN)CC(=O)[C@@H](N)CCCCN. The van der Waals surface area contributed by atoms with Crippen molar-refractivity contribution in [2.24, 2.45) is 23.1 Å². The molecule has 0 aromatic rings. The fourth-order valence-corrected chi connectivity index (χ4v) is 5.29. The fourth-order valence-electron chi connectivity index (χ4n) is 5.29. The lowest BCUT2D eigenvalue weighted by molar-refractivity contribution is -0.130. The highest BCUT2D eigenvalue weighted by Crippen LogP contribution is 2.16. The molecule has 18 heteroatoms. The Labute approximate surface area is 354 Å². The van der Waals surface area contributed by atoms with Crippen LogP contribution in [-0.2, 0) is 57.1 Å². The number of carbonyl (C=O) groups is 4. The van der Waals surface area contributed by atoms with Crippen LogP contribution >= 0.6 is 0 Å². The number of carbonyl (C=O) groups excluding carboxylic acids is 4. The van der Waals surface area contributed by atoms with Gasteiger partial charge < -0.3 is 71.0 Å². The van der Waals surface area contributed by atoms with Crippen LogP contribution in [0.5, 0.6) is 0 Å². The van der Waals surface area contributed by atoms with Crippen LogP contribution in [0.1, 0.15) is 90.4 Å². The van der Waals surface area contributed by atoms with Crippen molar-refractivity contribution in [2.75, 3.05) is 138 Å². The van der Waals surface area contributed by atoms with Gasteiger partial charge in [-0.3, -0.25) is 19.2 Å². The lowest BCUT2D eigenvalue weighted by Crippen LogP contribution is -2.37. The molecule has 348 valence electrons. The first-order valence-corrected chi connectivity index (χ1v) is 22.0. The van der Waals surface area contributed by atoms with Crippen molar-refractivity contribution in [1.82, 2.24) is 16.0 Å². The van der Waals surface area contributed by atoms with E-state index in [0.29, 0.717) is 171 Å². The largest absolute Gasteiger partial charge is 0.379 e. The second-order valence-electron chi connectivity index (χ2n) is 14.0. The normalized spacial score (nSPS) is 12.3. The molecular formula is C41H82N6O12. The van der Waals surface area contributed by atoms with Crippen molar-refractivity contribution in [2.45, 2.75) is 96.4 Å². The van der Waals surface area contributed by atoms with Gasteiger partial charge in [0, 0.05) is 58.0 Å². The van der Waals surface area contributed by atoms with Crippen LogP contribution in [0.4, 0.5) is 0 Å². The van der Waals surface area contributed by atoms with Gasteiger partial charge in [-0.1, -0.05) is 26.2 Å². The standard InChI is InChI=1S/C41H82N6O12/c1-2-3-16-45-39(49)12-21-54-25-29-57-31-33-59-34-32-58-30-26-55-22-13-40(50)46-17-8-19-52-23-27-56-28-24-53-20-9-18-47-41(51)36(10-4-6-14-42)35-38(48)37(44)11-5-7-15-43/h36-37H,2-35,42-44H2,1H3,(H,45,49)(H,46,50)(H,47,51)/t36-,37+/m1/s1. The highest BCUT2D eigenvalue weighted by Gasteiger charge is 2.24. The van der Waals surface area contributed by atoms with E-state index in [2.05, 4.69) is 22.9 Å². The summed E-state index contributed by atoms with van der Waals surface area (Å²) in [6.45, 7) is 11.9. The van der Waals surface area contributed by atoms with Crippen molar-refractivity contribution in [3.8, 4) is 0 Å². The molecule has 9 N–H and O–H groups in total. The number of ether oxygens (including phenoxy) is 8. The van der Waals surface area contributed by atoms with Gasteiger partial charge in [-0.15, -0.1) is 0 Å². The van der Waals surface area contributed by atoms with Crippen LogP contribution in [0.2, 0.25) is 0 Å². The summed E-state index contributed by atoms with van der Waals surface area (Å²) < 4.78 is 43.9. The number of rotatable bonds is 47. The molecule has 0 heterocycles. The number of nitrogens with one attached hydrogen (secondary N) is 3. The lowest BCUT2D eigenvalue weighted by Gasteiger charge is -2.18. The van der Waals surface area contributed by atoms with Gasteiger partial charge in [-0.25, -0.2) is 0 Å². The molecule has 0 unspecified atom stereocenters. The van der Waals surface area contributed by atoms with Crippen molar-refractivity contribution >= 4 is 23.5 Å². The molecule has 0 spiro atoms. The van der Waals surface area contributed by atoms with E-state index in [1.54, 1.807) is 0 Å². The third-order valence-electron chi connectivity index (χ3n) is 8.79. The summed E-state index contributed by atoms with van der Waals surface area (Å²) in [7, 11) is 0. The first-order chi connectivity index (χ1) is 28.8. The van der Waals surface area contributed by atoms with Crippen molar-refractivity contribution < 1.29 is 57.1 Å². The molecule has 0 aliphatic rings. The molecule has 3 amide bonds. The Kier molecular flexibility index (Phi) is 43.4. The molecule has 18 nitrogen and oxygen atoms in total. The van der Waals surface area contributed by atoms with Crippen LogP contribution in [-0.4, -0.2) is 168 Å². The van der Waals surface area contributed by atoms with Crippen LogP contribution in [0.3, 0.4) is 0 Å². The molecule has 0 saturated carbocycles. The van der Waals surface area contributed by atoms with Crippen molar-refractivity contribution in [1.29, 1.82) is 0 Å². The monoisotopic (exact) mass is 851 g/mol. The smallest absolute Gasteiger partial charge is 0.223 e. The average molecular weight is 851 g/mol. The van der Waals surface area contributed by atoms with Gasteiger partial charge in [0.25, 0.3) is 0 Å². The summed E-state index contributed by atoms with van der Waals surface area (Å²) in [5.74, 6) is -0.682. The summed E-state index contributed by atoms with van der Waals surface area (Å²) in [4.78, 5) is 48.9. The second-order valence-corrected chi connectivity index (χ2v) is 14.0. The zero-order valence-electron chi connectivity index (χ0n) is 36.3. The van der Waals surface area contributed by atoms with E-state index in [4.69, 9.17) is 55.1 Å². The minimum absolute atomic E-state index is 0.0127. The van der Waals surface area contributed by atoms with Crippen LogP contribution in [0.25, 0.3) is 0 Å². The molecule has 0 aliphatic heterocycles. The first-order valence-electron chi connectivity index (χ1n) is 22.0. The second kappa shape index (κ2) is 45.2. The minimum Gasteiger partial charge on any atom is -0.379 e. The number of nitrogens with two attached hydrogens (primary N) is 3. The molecule has 59 heavy (non-hydrogen) atoms. The quantitative estimate of drug-likeness (QED) is 0.0467. The summed E-state index contributed by atoms with van der Waals surface area (Å²) >= 11 is 0. The van der Waals surface area contributed by atoms with E-state index in [0.717, 1.165) is 38.5 Å². The molecule has 2 atom stereocenters. The van der Waals surface area contributed by atoms with Crippen LogP contribution in [0.15, 0.2) is 0 Å². The molecule has 0 radical (unpaired) electrons. The molecule has 0 aromatic carbocycles. The Morgan fingerprint density at radius 1 is 0.458 bits per heavy atom. The number of hydrogen-bond donors (Lipinski definition) is 6. The summed E-state index contributed by atoms with van der Waals surface area (Å²) in [5.41, 5.74) is 17.2. The molecule has 0 aromatic heterocycles. The number of unbranched alkanes of at least 4 members (excludes halogenated alkanes) is 3. The topological polar surface area (TPSA) is 256 Å². The lowest BCUT2D eigenvalue weighted by atomic mass is 9.91. The van der Waals surface area contributed by atoms with E-state index in [9.17, 15) is 19.2 Å². The maximum absolute atomic E-state index is 12.8. The Morgan fingerprint density at radius 2 is 0.831 bits per heavy atom. The Hall–Kier alpha value is -2.36. The van der Waals surface area contributed by atoms with Gasteiger partial charge in [0.15, 0.2) is 0 Å². The van der Waals surface area contributed by atoms with E-state index >= 15 is 0 Å². The van der Waals surface area contributed by atoms with E-state index in [-0.39, 0.29) is 36.3 Å². The van der Waals surface area contributed by atoms with Gasteiger partial charge in [-0.2, -0.15) is 0 Å². The molecule has 0 rings (SSSR count). The predicted octanol–water partition coefficient (Wildman–Crippen LogP) is 0.989. The van der Waals surface area contributed by atoms with Gasteiger partial charge in [0.1, 0.15) is 5.78 Å². The number of Topliss-reactive ketones (excluding diaryl/α,β-unsaturated/α-hetero) is 1. The van der Waals surface area contributed by atoms with Gasteiger partial charge in [0.2, 0.25) is 17.7 Å². The third kappa shape index (κ3) is 40.8. The van der Waals surface area contributed by atoms with E-state index in [1.807, 2.05) is 0 Å². The molecule has 0 fully saturated rings. The number of ketones is 1. The maximum Gasteiger partial charge on any atom is 0.223 e. The Balaban J connectivity index is 3.52. The Bertz CT molecular complexity index is 987. The van der Waals surface area contributed by atoms with Crippen LogP contribution < -0.4 is 33.2 Å². The number of amides is 3. The van der Waals surface area contributed by atoms with Gasteiger partial charge in [0.05, 0.1) is 98.5 Å². The summed E-state index contributed by atoms with van der Waals surface area (Å²) in [6.07, 6.45) is 8.56. The highest BCUT2D eigenvalue weighted by molar-refractivity contribution is 5.89. The van der Waals surface area contributed by atoms with Gasteiger partial charge in [-0.05, 0) is 58.0 Å². The third-order valence-corrected chi connectivity index (χ3v) is 8.79. The minimum atomic E-state index is -0.562. The maximum atomic E-state index is 12.8. The predicted molar refractivity (Wildman–Crippen MR) is 226 cm³/mol. The zero-order valence-corrected chi connectivity index (χ0v) is 36.3. The average Bonchev–Trinajstić information content (AvgIpc) is 3.22. The number of hydrogen-bond acceptors (Lipinski definition) is 15. The van der Waals surface area contributed by atoms with Crippen LogP contribution in [0, 0.1) is 5.92 Å². The zero-order chi connectivity index (χ0) is 43.3. The summed E-state index contributed by atoms with van der Waals surface area (Å²) in [5, 5.41) is 8.64. The highest BCUT2D eigenvalue weighted by atomic mass is 16.6. The molecule has 0 bridgehead atoms. The van der Waals surface area contributed by atoms with Gasteiger partial charge >= 0.3 is 0 Å². The molecule has 0 saturated heterocycles. The summed E-state index contributed by atoms with van der Waals surface area (Å²) in [6, 6.07) is -0.562. The Morgan fingerprint density at radius 3 is 1.25 bits per heavy atom. The van der Waals surface area contributed by atoms with E-state index < -0.39 is 12.0 Å². The van der Waals surface area contributed by atoms with Crippen molar-refractivity contribution in [3.63, 3.8) is 0 Å². The first kappa shape index (κ1) is 56.6. The molecule has 0 aliphatic carbocycles.